The van der Waals surface area contributed by atoms with Crippen LogP contribution in [0.15, 0.2) is 18.5 Å². The number of carbonyl (C=O) groups is 2. The maximum absolute atomic E-state index is 12.8. The van der Waals surface area contributed by atoms with E-state index in [9.17, 15) is 9.59 Å². The third-order valence-corrected chi connectivity index (χ3v) is 5.35. The molecule has 1 aromatic heterocycles. The average Bonchev–Trinajstić information content (AvgIpc) is 3.14. The van der Waals surface area contributed by atoms with E-state index in [-0.39, 0.29) is 17.7 Å². The van der Waals surface area contributed by atoms with E-state index in [0.29, 0.717) is 38.5 Å². The summed E-state index contributed by atoms with van der Waals surface area (Å²) in [6.07, 6.45) is 6.98. The third kappa shape index (κ3) is 4.60. The Kier molecular flexibility index (Phi) is 6.07. The molecule has 0 bridgehead atoms. The zero-order valence-electron chi connectivity index (χ0n) is 15.0. The summed E-state index contributed by atoms with van der Waals surface area (Å²) < 4.78 is 7.04. The van der Waals surface area contributed by atoms with Gasteiger partial charge in [-0.1, -0.05) is 0 Å². The van der Waals surface area contributed by atoms with Crippen molar-refractivity contribution >= 4 is 11.8 Å². The number of nitrogens with zero attached hydrogens (tertiary/aromatic N) is 4. The molecule has 1 atom stereocenters. The van der Waals surface area contributed by atoms with Crippen LogP contribution in [0, 0.1) is 11.8 Å². The molecule has 1 aromatic rings. The van der Waals surface area contributed by atoms with Crippen LogP contribution < -0.4 is 0 Å². The fraction of sp³-hybridized carbons (Fsp3) is 0.722. The van der Waals surface area contributed by atoms with E-state index in [1.165, 1.54) is 0 Å². The van der Waals surface area contributed by atoms with Crippen LogP contribution in [-0.2, 0) is 20.9 Å². The van der Waals surface area contributed by atoms with Gasteiger partial charge >= 0.3 is 0 Å². The molecule has 0 aromatic carbocycles. The maximum Gasteiger partial charge on any atom is 0.227 e. The van der Waals surface area contributed by atoms with E-state index in [4.69, 9.17) is 4.74 Å². The van der Waals surface area contributed by atoms with Crippen molar-refractivity contribution in [3.8, 4) is 0 Å². The minimum Gasteiger partial charge on any atom is -0.383 e. The van der Waals surface area contributed by atoms with Crippen molar-refractivity contribution in [3.63, 3.8) is 0 Å². The molecule has 3 rings (SSSR count). The molecular weight excluding hydrogens is 320 g/mol. The van der Waals surface area contributed by atoms with Crippen molar-refractivity contribution in [1.29, 1.82) is 0 Å². The number of hydrogen-bond donors (Lipinski definition) is 0. The topological polar surface area (TPSA) is 67.7 Å². The Morgan fingerprint density at radius 3 is 2.80 bits per heavy atom. The molecule has 138 valence electrons. The highest BCUT2D eigenvalue weighted by Gasteiger charge is 2.34. The summed E-state index contributed by atoms with van der Waals surface area (Å²) in [6, 6.07) is 1.94. The molecule has 0 aliphatic carbocycles. The Labute approximate surface area is 148 Å². The number of rotatable bonds is 6. The number of carbonyl (C=O) groups excluding carboxylic acids is 2. The van der Waals surface area contributed by atoms with Crippen LogP contribution in [0.5, 0.6) is 0 Å². The molecule has 0 spiro atoms. The summed E-state index contributed by atoms with van der Waals surface area (Å²) in [5.41, 5.74) is 0. The van der Waals surface area contributed by atoms with Crippen LogP contribution in [0.25, 0.3) is 0 Å². The molecule has 3 heterocycles. The van der Waals surface area contributed by atoms with Crippen LogP contribution >= 0.6 is 0 Å². The summed E-state index contributed by atoms with van der Waals surface area (Å²) in [5.74, 6) is 0.874. The highest BCUT2D eigenvalue weighted by Crippen LogP contribution is 2.24. The van der Waals surface area contributed by atoms with Gasteiger partial charge in [0, 0.05) is 58.6 Å². The Morgan fingerprint density at radius 1 is 1.32 bits per heavy atom. The average molecular weight is 348 g/mol. The first-order valence-electron chi connectivity index (χ1n) is 9.20. The number of likely N-dealkylation sites (tertiary alicyclic amines) is 2. The number of piperidine rings is 2. The largest absolute Gasteiger partial charge is 0.383 e. The first kappa shape index (κ1) is 17.9. The third-order valence-electron chi connectivity index (χ3n) is 5.35. The molecule has 2 saturated heterocycles. The van der Waals surface area contributed by atoms with Gasteiger partial charge in [0.15, 0.2) is 0 Å². The zero-order valence-corrected chi connectivity index (χ0v) is 15.0. The number of amides is 2. The summed E-state index contributed by atoms with van der Waals surface area (Å²) in [6.45, 7) is 4.18. The second-order valence-electron chi connectivity index (χ2n) is 7.06. The van der Waals surface area contributed by atoms with Gasteiger partial charge in [-0.15, -0.1) is 0 Å². The monoisotopic (exact) mass is 348 g/mol. The van der Waals surface area contributed by atoms with Gasteiger partial charge in [0.1, 0.15) is 0 Å². The first-order chi connectivity index (χ1) is 12.2. The van der Waals surface area contributed by atoms with Gasteiger partial charge in [-0.3, -0.25) is 14.3 Å². The van der Waals surface area contributed by atoms with Gasteiger partial charge in [-0.05, 0) is 31.2 Å². The summed E-state index contributed by atoms with van der Waals surface area (Å²) >= 11 is 0. The predicted molar refractivity (Wildman–Crippen MR) is 92.7 cm³/mol. The molecule has 0 radical (unpaired) electrons. The smallest absolute Gasteiger partial charge is 0.227 e. The molecule has 7 heteroatoms. The Hall–Kier alpha value is -1.89. The van der Waals surface area contributed by atoms with Gasteiger partial charge in [-0.2, -0.15) is 5.10 Å². The molecule has 2 aliphatic heterocycles. The van der Waals surface area contributed by atoms with Crippen molar-refractivity contribution in [3.05, 3.63) is 18.5 Å². The molecule has 2 fully saturated rings. The van der Waals surface area contributed by atoms with E-state index >= 15 is 0 Å². The molecule has 1 unspecified atom stereocenters. The molecule has 25 heavy (non-hydrogen) atoms. The SMILES string of the molecule is COCCN1CC(C(=O)N2CCC(Cn3cccn3)CC2)CCC1=O. The lowest BCUT2D eigenvalue weighted by Crippen LogP contribution is -2.49. The van der Waals surface area contributed by atoms with E-state index in [1.807, 2.05) is 21.8 Å². The Bertz CT molecular complexity index is 567. The zero-order chi connectivity index (χ0) is 17.6. The van der Waals surface area contributed by atoms with Crippen LogP contribution in [0.4, 0.5) is 0 Å². The number of ether oxygens (including phenoxy) is 1. The Balaban J connectivity index is 1.47. The quantitative estimate of drug-likeness (QED) is 0.769. The van der Waals surface area contributed by atoms with E-state index in [2.05, 4.69) is 5.10 Å². The maximum atomic E-state index is 12.8. The number of hydrogen-bond acceptors (Lipinski definition) is 4. The highest BCUT2D eigenvalue weighted by atomic mass is 16.5. The number of methoxy groups -OCH3 is 1. The molecule has 0 saturated carbocycles. The minimum atomic E-state index is -0.0581. The summed E-state index contributed by atoms with van der Waals surface area (Å²) in [4.78, 5) is 28.6. The van der Waals surface area contributed by atoms with Crippen molar-refractivity contribution in [2.45, 2.75) is 32.2 Å². The Morgan fingerprint density at radius 2 is 2.12 bits per heavy atom. The second-order valence-corrected chi connectivity index (χ2v) is 7.06. The van der Waals surface area contributed by atoms with Gasteiger partial charge in [0.2, 0.25) is 11.8 Å². The van der Waals surface area contributed by atoms with Crippen LogP contribution in [-0.4, -0.2) is 71.3 Å². The van der Waals surface area contributed by atoms with Crippen LogP contribution in [0.3, 0.4) is 0 Å². The predicted octanol–water partition coefficient (Wildman–Crippen LogP) is 1.01. The van der Waals surface area contributed by atoms with E-state index in [1.54, 1.807) is 18.2 Å². The van der Waals surface area contributed by atoms with Crippen molar-refractivity contribution < 1.29 is 14.3 Å². The lowest BCUT2D eigenvalue weighted by molar-refractivity contribution is -0.144. The van der Waals surface area contributed by atoms with E-state index < -0.39 is 0 Å². The lowest BCUT2D eigenvalue weighted by atomic mass is 9.92. The summed E-state index contributed by atoms with van der Waals surface area (Å²) in [7, 11) is 1.63. The fourth-order valence-corrected chi connectivity index (χ4v) is 3.80. The second kappa shape index (κ2) is 8.47. The fourth-order valence-electron chi connectivity index (χ4n) is 3.80. The van der Waals surface area contributed by atoms with Crippen LogP contribution in [0.1, 0.15) is 25.7 Å². The van der Waals surface area contributed by atoms with Gasteiger partial charge in [0.25, 0.3) is 0 Å². The summed E-state index contributed by atoms with van der Waals surface area (Å²) in [5, 5.41) is 4.27. The standard InChI is InChI=1S/C18H28N4O3/c1-25-12-11-21-14-16(3-4-17(21)23)18(24)20-9-5-15(6-10-20)13-22-8-2-7-19-22/h2,7-8,15-16H,3-6,9-14H2,1H3. The molecule has 2 amide bonds. The molecule has 0 N–H and O–H groups in total. The minimum absolute atomic E-state index is 0.0581. The highest BCUT2D eigenvalue weighted by molar-refractivity contribution is 5.84. The van der Waals surface area contributed by atoms with Crippen LogP contribution in [0.2, 0.25) is 0 Å². The normalized spacial score (nSPS) is 22.4. The molecule has 2 aliphatic rings. The first-order valence-corrected chi connectivity index (χ1v) is 9.20. The van der Waals surface area contributed by atoms with Gasteiger partial charge in [-0.25, -0.2) is 0 Å². The van der Waals surface area contributed by atoms with E-state index in [0.717, 1.165) is 32.5 Å². The lowest BCUT2D eigenvalue weighted by Gasteiger charge is -2.37. The molecular formula is C18H28N4O3. The van der Waals surface area contributed by atoms with Crippen molar-refractivity contribution in [2.75, 3.05) is 39.9 Å². The van der Waals surface area contributed by atoms with Crippen molar-refractivity contribution in [2.24, 2.45) is 11.8 Å². The van der Waals surface area contributed by atoms with Crippen molar-refractivity contribution in [1.82, 2.24) is 19.6 Å². The van der Waals surface area contributed by atoms with Gasteiger partial charge < -0.3 is 14.5 Å². The number of aromatic nitrogens is 2. The van der Waals surface area contributed by atoms with Gasteiger partial charge in [0.05, 0.1) is 12.5 Å². The molecule has 7 nitrogen and oxygen atoms in total.